The van der Waals surface area contributed by atoms with E-state index in [1.165, 1.54) is 4.90 Å². The van der Waals surface area contributed by atoms with E-state index in [4.69, 9.17) is 0 Å². The summed E-state index contributed by atoms with van der Waals surface area (Å²) >= 11 is 0. The van der Waals surface area contributed by atoms with Crippen LogP contribution in [-0.4, -0.2) is 31.7 Å². The van der Waals surface area contributed by atoms with Crippen molar-refractivity contribution < 1.29 is 46.1 Å². The van der Waals surface area contributed by atoms with Gasteiger partial charge >= 0.3 is 0 Å². The second-order valence-corrected chi connectivity index (χ2v) is 3.34. The van der Waals surface area contributed by atoms with Crippen molar-refractivity contribution in [1.29, 1.82) is 0 Å². The number of pyridine rings is 1. The van der Waals surface area contributed by atoms with E-state index < -0.39 is 0 Å². The number of rotatable bonds is 6. The molecule has 0 atom stereocenters. The van der Waals surface area contributed by atoms with E-state index in [1.54, 1.807) is 18.3 Å². The molecule has 1 amide bonds. The zero-order valence-corrected chi connectivity index (χ0v) is 15.3. The summed E-state index contributed by atoms with van der Waals surface area (Å²) in [5.74, 6) is 0.460. The van der Waals surface area contributed by atoms with Crippen LogP contribution in [0.1, 0.15) is 5.56 Å². The Hall–Kier alpha value is -0.646. The van der Waals surface area contributed by atoms with Crippen LogP contribution in [0.5, 0.6) is 0 Å². The van der Waals surface area contributed by atoms with Crippen LogP contribution in [0.3, 0.4) is 0 Å². The number of hydrogen-bond donors (Lipinski definition) is 1. The summed E-state index contributed by atoms with van der Waals surface area (Å²) in [5.41, 5.74) is 1.48. The van der Waals surface area contributed by atoms with Crippen LogP contribution in [0.15, 0.2) is 29.2 Å². The number of aliphatic imine (C=N–C) groups is 1. The van der Waals surface area contributed by atoms with Crippen LogP contribution >= 0.6 is 0 Å². The number of carbonyl (C=O) groups excluding carboxylic acids is 1. The van der Waals surface area contributed by atoms with Crippen molar-refractivity contribution in [2.45, 2.75) is 6.92 Å². The maximum atomic E-state index is 11.2. The van der Waals surface area contributed by atoms with Gasteiger partial charge in [0.15, 0.2) is 0 Å². The topological polar surface area (TPSA) is 57.6 Å². The largest absolute Gasteiger partial charge is 0.392 e. The molecular weight excluding hydrogens is 369 g/mol. The number of hydrogen-bond acceptors (Lipinski definition) is 4. The minimum Gasteiger partial charge on any atom is -0.392 e. The van der Waals surface area contributed by atoms with E-state index in [9.17, 15) is 4.79 Å². The third-order valence-corrected chi connectivity index (χ3v) is 2.19. The molecule has 1 heterocycles. The van der Waals surface area contributed by atoms with Crippen molar-refractivity contribution in [3.05, 3.63) is 43.3 Å². The third kappa shape index (κ3) is 5.89. The Labute approximate surface area is 148 Å². The van der Waals surface area contributed by atoms with Gasteiger partial charge in [-0.1, -0.05) is 19.3 Å². The van der Waals surface area contributed by atoms with Gasteiger partial charge < -0.3 is 17.7 Å². The first-order valence-corrected chi connectivity index (χ1v) is 5.14. The number of anilines is 1. The zero-order valence-electron chi connectivity index (χ0n) is 11.6. The van der Waals surface area contributed by atoms with Crippen LogP contribution in [-0.2, 0) is 4.79 Å². The standard InChI is InChI=1S/C12H15N4O.CH3.Pr/c1-10-4-7-15-8-11(10)16(9-17)12(14-3)5-6-13-2;;/h4-5,7,9,13H,3,6H2,1-2H3;1H3;/q2*-1;/b12-5-;;. The third-order valence-electron chi connectivity index (χ3n) is 2.19. The number of aryl methyl sites for hydroxylation is 1. The van der Waals surface area contributed by atoms with Gasteiger partial charge in [-0.3, -0.25) is 9.69 Å². The Morgan fingerprint density at radius 2 is 2.37 bits per heavy atom. The maximum Gasteiger partial charge on any atom is 0.218 e. The molecule has 0 aromatic carbocycles. The van der Waals surface area contributed by atoms with Crippen molar-refractivity contribution in [2.75, 3.05) is 18.5 Å². The minimum absolute atomic E-state index is 0. The quantitative estimate of drug-likeness (QED) is 0.456. The Morgan fingerprint density at radius 3 is 2.84 bits per heavy atom. The summed E-state index contributed by atoms with van der Waals surface area (Å²) in [6.07, 6.45) is 6.84. The number of nitrogens with one attached hydrogen (secondary N) is 1. The van der Waals surface area contributed by atoms with Gasteiger partial charge in [-0.15, -0.1) is 5.56 Å². The molecule has 0 bridgehead atoms. The first-order chi connectivity index (χ1) is 8.24. The summed E-state index contributed by atoms with van der Waals surface area (Å²) in [7, 11) is 1.81. The average molecular weight is 387 g/mol. The molecule has 1 radical (unpaired) electrons. The molecule has 0 saturated heterocycles. The van der Waals surface area contributed by atoms with Gasteiger partial charge in [0.2, 0.25) is 6.41 Å². The molecule has 6 heteroatoms. The van der Waals surface area contributed by atoms with Crippen molar-refractivity contribution in [2.24, 2.45) is 4.99 Å². The van der Waals surface area contributed by atoms with Gasteiger partial charge in [0, 0.05) is 47.8 Å². The molecule has 0 unspecified atom stereocenters. The van der Waals surface area contributed by atoms with Crippen LogP contribution in [0, 0.1) is 61.8 Å². The number of carbonyl (C=O) groups is 1. The second-order valence-electron chi connectivity index (χ2n) is 3.34. The van der Waals surface area contributed by atoms with Gasteiger partial charge in [-0.25, -0.2) is 4.99 Å². The van der Waals surface area contributed by atoms with Crippen molar-refractivity contribution in [1.82, 2.24) is 10.3 Å². The minimum atomic E-state index is 0. The summed E-state index contributed by atoms with van der Waals surface area (Å²) in [5, 5.41) is 2.94. The number of likely N-dealkylation sites (N-methyl/N-ethyl adjacent to an activating group) is 1. The zero-order chi connectivity index (χ0) is 12.7. The van der Waals surface area contributed by atoms with E-state index in [1.807, 2.05) is 14.0 Å². The van der Waals surface area contributed by atoms with Gasteiger partial charge in [-0.2, -0.15) is 6.07 Å². The fourth-order valence-corrected chi connectivity index (χ4v) is 1.31. The monoisotopic (exact) mass is 387 g/mol. The predicted molar refractivity (Wildman–Crippen MR) is 74.3 cm³/mol. The molecule has 0 spiro atoms. The van der Waals surface area contributed by atoms with E-state index >= 15 is 0 Å². The summed E-state index contributed by atoms with van der Waals surface area (Å²) in [6.45, 7) is 5.93. The molecule has 1 N–H and O–H groups in total. The van der Waals surface area contributed by atoms with Crippen LogP contribution in [0.25, 0.3) is 0 Å². The van der Waals surface area contributed by atoms with Gasteiger partial charge in [-0.05, 0) is 25.5 Å². The fourth-order valence-electron chi connectivity index (χ4n) is 1.31. The molecule has 0 saturated carbocycles. The molecule has 5 nitrogen and oxygen atoms in total. The molecular formula is C13H18N4OPr-2. The summed E-state index contributed by atoms with van der Waals surface area (Å²) in [4.78, 5) is 20.2. The normalized spacial score (nSPS) is 9.89. The van der Waals surface area contributed by atoms with Crippen LogP contribution < -0.4 is 10.2 Å². The molecule has 101 valence electrons. The van der Waals surface area contributed by atoms with Crippen LogP contribution in [0.4, 0.5) is 5.69 Å². The summed E-state index contributed by atoms with van der Waals surface area (Å²) < 4.78 is 0. The van der Waals surface area contributed by atoms with Crippen LogP contribution in [0.2, 0.25) is 0 Å². The van der Waals surface area contributed by atoms with Gasteiger partial charge in [0.05, 0.1) is 0 Å². The van der Waals surface area contributed by atoms with E-state index in [-0.39, 0.29) is 48.7 Å². The van der Waals surface area contributed by atoms with E-state index in [0.29, 0.717) is 24.5 Å². The molecule has 0 aliphatic rings. The number of nitrogens with zero attached hydrogens (tertiary/aromatic N) is 3. The molecule has 0 aliphatic carbocycles. The van der Waals surface area contributed by atoms with Gasteiger partial charge in [0.25, 0.3) is 0 Å². The first-order valence-electron chi connectivity index (χ1n) is 5.14. The smallest absolute Gasteiger partial charge is 0.218 e. The molecule has 1 aromatic heterocycles. The molecule has 1 aromatic rings. The Bertz CT molecular complexity index is 434. The number of amides is 1. The first kappa shape index (κ1) is 20.7. The Morgan fingerprint density at radius 1 is 1.68 bits per heavy atom. The number of aromatic nitrogens is 1. The van der Waals surface area contributed by atoms with Crippen molar-refractivity contribution in [3.8, 4) is 0 Å². The van der Waals surface area contributed by atoms with Crippen molar-refractivity contribution in [3.63, 3.8) is 0 Å². The molecule has 0 aliphatic heterocycles. The Balaban J connectivity index is 0. The van der Waals surface area contributed by atoms with Crippen molar-refractivity contribution >= 4 is 18.8 Å². The maximum absolute atomic E-state index is 11.2. The van der Waals surface area contributed by atoms with E-state index in [2.05, 4.69) is 28.2 Å². The second kappa shape index (κ2) is 11.2. The SMILES string of the molecule is C=N/C(=C/CNC)N(C=O)c1[c-]nccc1C.[CH3-].[Pr]. The van der Waals surface area contributed by atoms with E-state index in [0.717, 1.165) is 5.56 Å². The fraction of sp³-hybridized carbons (Fsp3) is 0.231. The molecule has 0 fully saturated rings. The molecule has 19 heavy (non-hydrogen) atoms. The molecule has 1 rings (SSSR count). The average Bonchev–Trinajstić information content (AvgIpc) is 2.36. The van der Waals surface area contributed by atoms with Gasteiger partial charge in [0.1, 0.15) is 5.82 Å². The summed E-state index contributed by atoms with van der Waals surface area (Å²) in [6, 6.07) is 1.81. The Kier molecular flexibility index (Phi) is 12.2. The predicted octanol–water partition coefficient (Wildman–Crippen LogP) is 1.36.